The zero-order valence-electron chi connectivity index (χ0n) is 14.6. The summed E-state index contributed by atoms with van der Waals surface area (Å²) in [6.07, 6.45) is 3.68. The highest BCUT2D eigenvalue weighted by atomic mass is 16.2. The topological polar surface area (TPSA) is 29.1 Å². The van der Waals surface area contributed by atoms with Crippen molar-refractivity contribution in [3.05, 3.63) is 71.8 Å². The van der Waals surface area contributed by atoms with E-state index in [1.54, 1.807) is 0 Å². The van der Waals surface area contributed by atoms with E-state index in [0.717, 1.165) is 11.1 Å². The Morgan fingerprint density at radius 2 is 1.33 bits per heavy atom. The molecule has 0 aliphatic heterocycles. The van der Waals surface area contributed by atoms with Crippen molar-refractivity contribution in [1.82, 2.24) is 5.32 Å². The van der Waals surface area contributed by atoms with E-state index in [-0.39, 0.29) is 17.9 Å². The van der Waals surface area contributed by atoms with Crippen LogP contribution in [-0.2, 0) is 4.79 Å². The Bertz CT molecular complexity index is 603. The van der Waals surface area contributed by atoms with E-state index in [0.29, 0.717) is 11.8 Å². The minimum atomic E-state index is -0.242. The lowest BCUT2D eigenvalue weighted by Crippen LogP contribution is -2.47. The minimum Gasteiger partial charge on any atom is -0.352 e. The third-order valence-electron chi connectivity index (χ3n) is 5.38. The lowest BCUT2D eigenvalue weighted by molar-refractivity contribution is -0.123. The van der Waals surface area contributed by atoms with E-state index >= 15 is 0 Å². The average Bonchev–Trinajstić information content (AvgIpc) is 2.60. The molecule has 2 aromatic rings. The minimum absolute atomic E-state index is 0.123. The van der Waals surface area contributed by atoms with Crippen molar-refractivity contribution >= 4 is 5.91 Å². The largest absolute Gasteiger partial charge is 0.352 e. The summed E-state index contributed by atoms with van der Waals surface area (Å²) in [6, 6.07) is 20.5. The maximum absolute atomic E-state index is 13.2. The quantitative estimate of drug-likeness (QED) is 0.864. The number of carbonyl (C=O) groups excluding carboxylic acids is 1. The van der Waals surface area contributed by atoms with Crippen molar-refractivity contribution in [3.63, 3.8) is 0 Å². The number of carbonyl (C=O) groups is 1. The van der Waals surface area contributed by atoms with Gasteiger partial charge < -0.3 is 5.32 Å². The molecule has 1 fully saturated rings. The van der Waals surface area contributed by atoms with Crippen molar-refractivity contribution in [3.8, 4) is 0 Å². The van der Waals surface area contributed by atoms with Gasteiger partial charge in [-0.3, -0.25) is 4.79 Å². The lowest BCUT2D eigenvalue weighted by atomic mass is 9.78. The highest BCUT2D eigenvalue weighted by Gasteiger charge is 2.32. The van der Waals surface area contributed by atoms with Crippen LogP contribution in [0.1, 0.15) is 50.2 Å². The molecule has 1 aliphatic carbocycles. The Morgan fingerprint density at radius 1 is 0.875 bits per heavy atom. The first kappa shape index (κ1) is 16.8. The Balaban J connectivity index is 1.87. The number of nitrogens with one attached hydrogen (secondary N) is 1. The number of hydrogen-bond donors (Lipinski definition) is 1. The van der Waals surface area contributed by atoms with Gasteiger partial charge in [0.2, 0.25) is 5.91 Å². The Labute approximate surface area is 145 Å². The summed E-state index contributed by atoms with van der Waals surface area (Å²) in [6.45, 7) is 4.53. The highest BCUT2D eigenvalue weighted by Crippen LogP contribution is 2.31. The second-order valence-corrected chi connectivity index (χ2v) is 7.17. The van der Waals surface area contributed by atoms with Gasteiger partial charge in [-0.2, -0.15) is 0 Å². The monoisotopic (exact) mass is 321 g/mol. The van der Waals surface area contributed by atoms with E-state index in [1.165, 1.54) is 19.3 Å². The van der Waals surface area contributed by atoms with Crippen LogP contribution in [0.15, 0.2) is 60.7 Å². The van der Waals surface area contributed by atoms with Crippen LogP contribution in [0.2, 0.25) is 0 Å². The van der Waals surface area contributed by atoms with Crippen LogP contribution in [0.3, 0.4) is 0 Å². The zero-order chi connectivity index (χ0) is 16.9. The smallest absolute Gasteiger partial charge is 0.232 e. The van der Waals surface area contributed by atoms with Crippen molar-refractivity contribution in [2.45, 2.75) is 45.1 Å². The first-order chi connectivity index (χ1) is 11.7. The van der Waals surface area contributed by atoms with Crippen molar-refractivity contribution in [1.29, 1.82) is 0 Å². The number of benzene rings is 2. The van der Waals surface area contributed by atoms with Gasteiger partial charge in [0.25, 0.3) is 0 Å². The second kappa shape index (κ2) is 7.65. The summed E-state index contributed by atoms with van der Waals surface area (Å²) in [4.78, 5) is 13.2. The van der Waals surface area contributed by atoms with Crippen LogP contribution in [0.4, 0.5) is 0 Å². The molecule has 0 aromatic heterocycles. The van der Waals surface area contributed by atoms with E-state index < -0.39 is 0 Å². The SMILES string of the molecule is C[C@H]1CCC[C@H](C)C1NC(=O)C(c1ccccc1)c1ccccc1. The molecule has 0 spiro atoms. The molecule has 2 heteroatoms. The van der Waals surface area contributed by atoms with Crippen LogP contribution in [0, 0.1) is 11.8 Å². The standard InChI is InChI=1S/C22H27NO/c1-16-10-9-11-17(2)21(16)23-22(24)20(18-12-5-3-6-13-18)19-14-7-4-8-15-19/h3-8,12-17,20-21H,9-11H2,1-2H3,(H,23,24)/t16-,17-/m0/s1. The van der Waals surface area contributed by atoms with Gasteiger partial charge in [-0.05, 0) is 35.8 Å². The Hall–Kier alpha value is -2.09. The molecule has 1 amide bonds. The van der Waals surface area contributed by atoms with Crippen LogP contribution >= 0.6 is 0 Å². The summed E-state index contributed by atoms with van der Waals surface area (Å²) in [5.41, 5.74) is 2.11. The van der Waals surface area contributed by atoms with Crippen LogP contribution in [0.25, 0.3) is 0 Å². The molecular formula is C22H27NO. The second-order valence-electron chi connectivity index (χ2n) is 7.17. The lowest BCUT2D eigenvalue weighted by Gasteiger charge is -2.36. The molecule has 0 unspecified atom stereocenters. The summed E-state index contributed by atoms with van der Waals surface area (Å²) in [5.74, 6) is 0.974. The van der Waals surface area contributed by atoms with Gasteiger partial charge in [-0.25, -0.2) is 0 Å². The van der Waals surface area contributed by atoms with Crippen molar-refractivity contribution in [2.24, 2.45) is 11.8 Å². The Morgan fingerprint density at radius 3 is 1.79 bits per heavy atom. The summed E-state index contributed by atoms with van der Waals surface area (Å²) in [5, 5.41) is 3.38. The summed E-state index contributed by atoms with van der Waals surface area (Å²) < 4.78 is 0. The molecule has 1 saturated carbocycles. The fraction of sp³-hybridized carbons (Fsp3) is 0.409. The zero-order valence-corrected chi connectivity index (χ0v) is 14.6. The molecule has 0 heterocycles. The number of rotatable bonds is 4. The van der Waals surface area contributed by atoms with Gasteiger partial charge >= 0.3 is 0 Å². The van der Waals surface area contributed by atoms with E-state index in [9.17, 15) is 4.79 Å². The molecule has 2 atom stereocenters. The van der Waals surface area contributed by atoms with Crippen LogP contribution in [0.5, 0.6) is 0 Å². The maximum atomic E-state index is 13.2. The predicted octanol–water partition coefficient (Wildman–Crippen LogP) is 4.76. The number of hydrogen-bond acceptors (Lipinski definition) is 1. The van der Waals surface area contributed by atoms with Gasteiger partial charge in [0, 0.05) is 6.04 Å². The first-order valence-corrected chi connectivity index (χ1v) is 9.07. The molecule has 0 radical (unpaired) electrons. The number of amides is 1. The van der Waals surface area contributed by atoms with Crippen molar-refractivity contribution in [2.75, 3.05) is 0 Å². The predicted molar refractivity (Wildman–Crippen MR) is 98.8 cm³/mol. The molecular weight excluding hydrogens is 294 g/mol. The van der Waals surface area contributed by atoms with Gasteiger partial charge in [-0.1, -0.05) is 80.9 Å². The fourth-order valence-electron chi connectivity index (χ4n) is 4.00. The van der Waals surface area contributed by atoms with E-state index in [4.69, 9.17) is 0 Å². The molecule has 126 valence electrons. The van der Waals surface area contributed by atoms with Crippen LogP contribution in [-0.4, -0.2) is 11.9 Å². The van der Waals surface area contributed by atoms with E-state index in [2.05, 4.69) is 19.2 Å². The van der Waals surface area contributed by atoms with Crippen molar-refractivity contribution < 1.29 is 4.79 Å². The molecule has 0 bridgehead atoms. The third-order valence-corrected chi connectivity index (χ3v) is 5.38. The normalized spacial score (nSPS) is 21.6. The van der Waals surface area contributed by atoms with Gasteiger partial charge in [0.1, 0.15) is 0 Å². The molecule has 2 nitrogen and oxygen atoms in total. The van der Waals surface area contributed by atoms with Gasteiger partial charge in [-0.15, -0.1) is 0 Å². The molecule has 3 rings (SSSR count). The highest BCUT2D eigenvalue weighted by molar-refractivity contribution is 5.87. The molecule has 2 aromatic carbocycles. The third kappa shape index (κ3) is 3.69. The maximum Gasteiger partial charge on any atom is 0.232 e. The molecule has 1 aliphatic rings. The fourth-order valence-corrected chi connectivity index (χ4v) is 4.00. The average molecular weight is 321 g/mol. The summed E-state index contributed by atoms with van der Waals surface area (Å²) >= 11 is 0. The van der Waals surface area contributed by atoms with E-state index in [1.807, 2.05) is 60.7 Å². The Kier molecular flexibility index (Phi) is 5.34. The van der Waals surface area contributed by atoms with Crippen LogP contribution < -0.4 is 5.32 Å². The van der Waals surface area contributed by atoms with Gasteiger partial charge in [0.15, 0.2) is 0 Å². The van der Waals surface area contributed by atoms with Gasteiger partial charge in [0.05, 0.1) is 5.92 Å². The molecule has 0 saturated heterocycles. The summed E-state index contributed by atoms with van der Waals surface area (Å²) in [7, 11) is 0. The molecule has 24 heavy (non-hydrogen) atoms. The first-order valence-electron chi connectivity index (χ1n) is 9.07. The molecule has 1 N–H and O–H groups in total.